The van der Waals surface area contributed by atoms with E-state index in [1.165, 1.54) is 13.4 Å². The van der Waals surface area contributed by atoms with E-state index in [1.807, 2.05) is 10.9 Å². The smallest absolute Gasteiger partial charge is 0.305 e. The van der Waals surface area contributed by atoms with Gasteiger partial charge in [-0.1, -0.05) is 26.0 Å². The number of rotatable bonds is 8. The monoisotopic (exact) mass is 722 g/mol. The van der Waals surface area contributed by atoms with Gasteiger partial charge in [0.05, 0.1) is 44.3 Å². The summed E-state index contributed by atoms with van der Waals surface area (Å²) in [6.07, 6.45) is 7.61. The Balaban J connectivity index is 1.02. The molecule has 5 aliphatic rings. The van der Waals surface area contributed by atoms with Gasteiger partial charge in [0.25, 0.3) is 0 Å². The third kappa shape index (κ3) is 5.47. The van der Waals surface area contributed by atoms with E-state index in [9.17, 15) is 25.2 Å². The molecule has 0 spiro atoms. The minimum atomic E-state index is -0.854. The lowest BCUT2D eigenvalue weighted by Crippen LogP contribution is -2.62. The largest absolute Gasteiger partial charge is 0.469 e. The quantitative estimate of drug-likeness (QED) is 0.212. The molecule has 15 nitrogen and oxygen atoms in total. The number of carbonyl (C=O) groups is 1. The number of nitrogen functional groups attached to an aromatic ring is 1. The molecule has 3 aromatic rings. The molecule has 15 heteroatoms. The summed E-state index contributed by atoms with van der Waals surface area (Å²) in [6, 6.07) is 0.0689. The lowest BCUT2D eigenvalue weighted by Gasteiger charge is -2.63. The molecule has 284 valence electrons. The minimum Gasteiger partial charge on any atom is -0.469 e. The van der Waals surface area contributed by atoms with Gasteiger partial charge in [0.2, 0.25) is 0 Å². The molecule has 6 N–H and O–H groups in total. The summed E-state index contributed by atoms with van der Waals surface area (Å²) >= 11 is 0. The minimum absolute atomic E-state index is 0.0191. The fraction of sp³-hybridized carbons (Fsp3) is 0.784. The van der Waals surface area contributed by atoms with Crippen LogP contribution in [0.3, 0.4) is 0 Å². The maximum Gasteiger partial charge on any atom is 0.305 e. The van der Waals surface area contributed by atoms with Gasteiger partial charge >= 0.3 is 5.97 Å². The second kappa shape index (κ2) is 13.3. The van der Waals surface area contributed by atoms with E-state index in [0.29, 0.717) is 41.4 Å². The van der Waals surface area contributed by atoms with Crippen LogP contribution in [0, 0.1) is 46.3 Å². The highest BCUT2D eigenvalue weighted by Gasteiger charge is 2.65. The van der Waals surface area contributed by atoms with E-state index in [-0.39, 0.29) is 71.3 Å². The Kier molecular flexibility index (Phi) is 9.12. The highest BCUT2D eigenvalue weighted by atomic mass is 16.5. The lowest BCUT2D eigenvalue weighted by molar-refractivity contribution is -0.204. The third-order valence-corrected chi connectivity index (χ3v) is 14.8. The number of imidazole rings is 1. The number of ether oxygens (including phenoxy) is 2. The second-order valence-electron chi connectivity index (χ2n) is 17.1. The predicted octanol–water partition coefficient (Wildman–Crippen LogP) is 3.04. The molecule has 5 fully saturated rings. The van der Waals surface area contributed by atoms with Crippen LogP contribution in [0.15, 0.2) is 12.5 Å². The van der Waals surface area contributed by atoms with Crippen LogP contribution in [0.25, 0.3) is 22.7 Å². The molecule has 4 heterocycles. The highest BCUT2D eigenvalue weighted by Crippen LogP contribution is 2.69. The van der Waals surface area contributed by atoms with Crippen molar-refractivity contribution in [2.45, 2.75) is 122 Å². The van der Waals surface area contributed by atoms with Crippen LogP contribution in [0.2, 0.25) is 0 Å². The van der Waals surface area contributed by atoms with Crippen molar-refractivity contribution in [3.8, 4) is 11.5 Å². The van der Waals surface area contributed by atoms with Crippen molar-refractivity contribution in [1.82, 2.24) is 34.5 Å². The van der Waals surface area contributed by atoms with Gasteiger partial charge in [0.15, 0.2) is 22.8 Å². The second-order valence-corrected chi connectivity index (χ2v) is 17.1. The number of aromatic nitrogens is 7. The fourth-order valence-corrected chi connectivity index (χ4v) is 12.0. The zero-order chi connectivity index (χ0) is 36.7. The van der Waals surface area contributed by atoms with E-state index < -0.39 is 30.6 Å². The average Bonchev–Trinajstić information content (AvgIpc) is 3.92. The number of esters is 1. The lowest BCUT2D eigenvalue weighted by atomic mass is 9.43. The summed E-state index contributed by atoms with van der Waals surface area (Å²) in [5.41, 5.74) is 7.23. The number of hydrogen-bond donors (Lipinski definition) is 5. The van der Waals surface area contributed by atoms with E-state index in [2.05, 4.69) is 41.1 Å². The van der Waals surface area contributed by atoms with Crippen molar-refractivity contribution in [3.63, 3.8) is 0 Å². The molecule has 0 radical (unpaired) electrons. The van der Waals surface area contributed by atoms with Crippen LogP contribution in [-0.4, -0.2) is 99.0 Å². The topological polar surface area (TPSA) is 217 Å². The number of nitrogens with two attached hydrogens (primary N) is 1. The van der Waals surface area contributed by atoms with E-state index >= 15 is 0 Å². The summed E-state index contributed by atoms with van der Waals surface area (Å²) in [7, 11) is 1.43. The van der Waals surface area contributed by atoms with Gasteiger partial charge in [0, 0.05) is 12.8 Å². The van der Waals surface area contributed by atoms with Crippen LogP contribution in [0.4, 0.5) is 5.82 Å². The molecule has 4 aliphatic carbocycles. The molecule has 8 rings (SSSR count). The van der Waals surface area contributed by atoms with Gasteiger partial charge in [0.1, 0.15) is 24.4 Å². The number of carbonyl (C=O) groups excluding carboxylic acids is 1. The molecule has 0 aromatic carbocycles. The first-order chi connectivity index (χ1) is 24.9. The molecule has 52 heavy (non-hydrogen) atoms. The Labute approximate surface area is 303 Å². The van der Waals surface area contributed by atoms with Gasteiger partial charge in [-0.25, -0.2) is 19.6 Å². The number of fused-ring (bicyclic) bond motifs is 6. The van der Waals surface area contributed by atoms with Crippen molar-refractivity contribution in [2.75, 3.05) is 19.5 Å². The molecule has 3 aromatic heterocycles. The number of aliphatic hydroxyl groups is 4. The van der Waals surface area contributed by atoms with Gasteiger partial charge in [-0.2, -0.15) is 0 Å². The van der Waals surface area contributed by atoms with Crippen LogP contribution in [0.1, 0.15) is 97.2 Å². The van der Waals surface area contributed by atoms with Gasteiger partial charge in [-0.15, -0.1) is 5.10 Å². The molecule has 1 saturated heterocycles. The number of methoxy groups -OCH3 is 1. The molecular formula is C37H54N8O7. The Morgan fingerprint density at radius 3 is 2.65 bits per heavy atom. The Hall–Kier alpha value is -3.24. The van der Waals surface area contributed by atoms with Crippen LogP contribution in [-0.2, 0) is 14.3 Å². The van der Waals surface area contributed by atoms with Gasteiger partial charge < -0.3 is 35.6 Å². The van der Waals surface area contributed by atoms with E-state index in [4.69, 9.17) is 20.2 Å². The molecule has 0 amide bonds. The first kappa shape index (κ1) is 35.8. The SMILES string of the molecule is COC(=O)CC[C@@H](C)[C@H]1CC[C@H]2[C@@H]3[C@H](O)C[C@@H]4C[C@H](n5cc(-c6nc7c(N)ncnc7n6[C@H]6C[C@H](O)[C@@H](CO)O6)nn5)CC[C@]4(C)[C@H]3C[C@H](O)[C@]12C. The Morgan fingerprint density at radius 2 is 1.90 bits per heavy atom. The van der Waals surface area contributed by atoms with Crippen LogP contribution < -0.4 is 5.73 Å². The average molecular weight is 723 g/mol. The van der Waals surface area contributed by atoms with E-state index in [0.717, 1.165) is 44.9 Å². The maximum atomic E-state index is 12.0. The van der Waals surface area contributed by atoms with Crippen molar-refractivity contribution < 1.29 is 34.7 Å². The molecule has 0 bridgehead atoms. The van der Waals surface area contributed by atoms with Crippen LogP contribution in [0.5, 0.6) is 0 Å². The van der Waals surface area contributed by atoms with Crippen molar-refractivity contribution in [3.05, 3.63) is 12.5 Å². The first-order valence-corrected chi connectivity index (χ1v) is 19.2. The Bertz CT molecular complexity index is 1800. The third-order valence-electron chi connectivity index (χ3n) is 14.8. The predicted molar refractivity (Wildman–Crippen MR) is 188 cm³/mol. The normalized spacial score (nSPS) is 40.7. The number of aliphatic hydroxyl groups excluding tert-OH is 4. The number of hydrogen-bond acceptors (Lipinski definition) is 13. The summed E-state index contributed by atoms with van der Waals surface area (Å²) in [6.45, 7) is 6.55. The molecule has 1 aliphatic heterocycles. The summed E-state index contributed by atoms with van der Waals surface area (Å²) in [4.78, 5) is 25.2. The molecular weight excluding hydrogens is 668 g/mol. The molecule has 0 unspecified atom stereocenters. The maximum absolute atomic E-state index is 12.0. The Morgan fingerprint density at radius 1 is 1.10 bits per heavy atom. The first-order valence-electron chi connectivity index (χ1n) is 19.2. The zero-order valence-corrected chi connectivity index (χ0v) is 30.6. The van der Waals surface area contributed by atoms with Crippen molar-refractivity contribution >= 4 is 23.0 Å². The highest BCUT2D eigenvalue weighted by molar-refractivity contribution is 5.84. The zero-order valence-electron chi connectivity index (χ0n) is 30.6. The van der Waals surface area contributed by atoms with Gasteiger partial charge in [-0.05, 0) is 97.7 Å². The number of nitrogens with zero attached hydrogens (tertiary/aromatic N) is 7. The summed E-state index contributed by atoms with van der Waals surface area (Å²) < 4.78 is 14.6. The fourth-order valence-electron chi connectivity index (χ4n) is 12.0. The van der Waals surface area contributed by atoms with Crippen molar-refractivity contribution in [1.29, 1.82) is 0 Å². The van der Waals surface area contributed by atoms with Crippen LogP contribution >= 0.6 is 0 Å². The standard InChI is InChI=1S/C37H54N8O7/c1-18(5-8-30(50)51-4)21-6-7-22-31-23(13-28(49)37(21,22)3)36(2)10-9-20(11-19(36)12-26(31)48)44-15-24(42-43-44)34-41-32-33(38)39-17-40-35(32)45(34)29-14-25(47)27(16-46)52-29/h15,17-23,25-29,31,46-49H,5-14,16H2,1-4H3,(H2,38,39,40)/t18-,19+,20-,21-,22+,23+,25+,26-,27-,28+,29-,31+,36+,37-/m1/s1. The van der Waals surface area contributed by atoms with Crippen molar-refractivity contribution in [2.24, 2.45) is 46.3 Å². The summed E-state index contributed by atoms with van der Waals surface area (Å²) in [5.74, 6) is 1.91. The van der Waals surface area contributed by atoms with Gasteiger partial charge in [-0.3, -0.25) is 9.36 Å². The van der Waals surface area contributed by atoms with E-state index in [1.54, 1.807) is 4.57 Å². The molecule has 14 atom stereocenters. The number of anilines is 1. The summed E-state index contributed by atoms with van der Waals surface area (Å²) in [5, 5.41) is 53.4. The molecule has 4 saturated carbocycles.